The third-order valence-electron chi connectivity index (χ3n) is 5.47. The van der Waals surface area contributed by atoms with E-state index in [2.05, 4.69) is 20.4 Å². The smallest absolute Gasteiger partial charge is 0.412 e. The number of alkyl halides is 2. The quantitative estimate of drug-likeness (QED) is 0.289. The van der Waals surface area contributed by atoms with Crippen LogP contribution in [0.2, 0.25) is 0 Å². The van der Waals surface area contributed by atoms with Crippen LogP contribution >= 0.6 is 0 Å². The number of aromatic nitrogens is 2. The van der Waals surface area contributed by atoms with E-state index >= 15 is 8.78 Å². The molecule has 1 aliphatic heterocycles. The van der Waals surface area contributed by atoms with Gasteiger partial charge in [0.25, 0.3) is 0 Å². The minimum atomic E-state index is -3.90. The number of ether oxygens (including phenoxy) is 3. The summed E-state index contributed by atoms with van der Waals surface area (Å²) in [6.07, 6.45) is -5.59. The Hall–Kier alpha value is -3.91. The van der Waals surface area contributed by atoms with E-state index in [9.17, 15) is 24.3 Å². The number of para-hydroxylation sites is 1. The summed E-state index contributed by atoms with van der Waals surface area (Å²) < 4.78 is 45.6. The Morgan fingerprint density at radius 1 is 1.13 bits per heavy atom. The summed E-state index contributed by atoms with van der Waals surface area (Å²) in [7, 11) is 0. The first-order valence-electron chi connectivity index (χ1n) is 11.9. The molecule has 1 aliphatic rings. The van der Waals surface area contributed by atoms with Crippen molar-refractivity contribution in [3.8, 4) is 0 Å². The van der Waals surface area contributed by atoms with Crippen LogP contribution in [-0.4, -0.2) is 64.0 Å². The molecule has 2 heterocycles. The van der Waals surface area contributed by atoms with Gasteiger partial charge in [-0.05, 0) is 38.0 Å². The van der Waals surface area contributed by atoms with Crippen molar-refractivity contribution in [3.05, 3.63) is 53.1 Å². The molecule has 0 radical (unpaired) electrons. The fourth-order valence-electron chi connectivity index (χ4n) is 3.69. The summed E-state index contributed by atoms with van der Waals surface area (Å²) in [5.41, 5.74) is -0.550. The standard InChI is InChI=1S/C24H28F2N4O8/c1-2-36-23(35)29-17-12-13-30(22(34)28-17)21-24(25,26)20(16(14-31)37-21)38-19(33)11-7-6-10-18(32)27-15-8-4-3-5-9-15/h3-5,8-9,12-13,16,20-21,31H,2,6-7,10-11,14H2,1H3,(H,27,32)(H,28,29,34,35)/t16-,20-,21-/m1/s1. The van der Waals surface area contributed by atoms with Crippen molar-refractivity contribution < 1.29 is 42.5 Å². The number of esters is 1. The number of aliphatic hydroxyl groups excluding tert-OH is 1. The molecule has 3 atom stereocenters. The van der Waals surface area contributed by atoms with Gasteiger partial charge in [0.2, 0.25) is 12.1 Å². The largest absolute Gasteiger partial charge is 0.453 e. The van der Waals surface area contributed by atoms with Gasteiger partial charge in [-0.15, -0.1) is 0 Å². The highest BCUT2D eigenvalue weighted by Gasteiger charge is 2.62. The fraction of sp³-hybridized carbons (Fsp3) is 0.458. The average molecular weight is 539 g/mol. The summed E-state index contributed by atoms with van der Waals surface area (Å²) in [4.78, 5) is 51.6. The molecule has 12 nitrogen and oxygen atoms in total. The van der Waals surface area contributed by atoms with Crippen molar-refractivity contribution in [2.24, 2.45) is 0 Å². The van der Waals surface area contributed by atoms with E-state index in [4.69, 9.17) is 9.47 Å². The zero-order chi connectivity index (χ0) is 27.7. The molecule has 38 heavy (non-hydrogen) atoms. The Balaban J connectivity index is 1.55. The molecule has 1 aromatic carbocycles. The number of amides is 2. The number of hydrogen-bond donors (Lipinski definition) is 3. The van der Waals surface area contributed by atoms with Crippen LogP contribution in [0.15, 0.2) is 47.4 Å². The number of rotatable bonds is 11. The highest BCUT2D eigenvalue weighted by Crippen LogP contribution is 2.44. The fourth-order valence-corrected chi connectivity index (χ4v) is 3.69. The second-order valence-electron chi connectivity index (χ2n) is 8.26. The van der Waals surface area contributed by atoms with Crippen LogP contribution in [0.4, 0.5) is 25.1 Å². The molecule has 1 fully saturated rings. The highest BCUT2D eigenvalue weighted by molar-refractivity contribution is 5.90. The van der Waals surface area contributed by atoms with E-state index < -0.39 is 48.7 Å². The average Bonchev–Trinajstić information content (AvgIpc) is 3.12. The molecule has 0 unspecified atom stereocenters. The lowest BCUT2D eigenvalue weighted by Gasteiger charge is -2.24. The molecule has 1 saturated heterocycles. The molecule has 0 aliphatic carbocycles. The Bertz CT molecular complexity index is 1180. The number of carbonyl (C=O) groups excluding carboxylic acids is 3. The molecule has 0 bridgehead atoms. The summed E-state index contributed by atoms with van der Waals surface area (Å²) in [5.74, 6) is -5.36. The molecule has 3 rings (SSSR count). The number of benzene rings is 1. The number of unbranched alkanes of at least 4 members (excludes halogenated alkanes) is 1. The van der Waals surface area contributed by atoms with Crippen LogP contribution < -0.4 is 16.3 Å². The number of hydrogen-bond acceptors (Lipinski definition) is 9. The molecule has 2 aromatic rings. The number of anilines is 2. The topological polar surface area (TPSA) is 158 Å². The maximum absolute atomic E-state index is 15.2. The first-order valence-corrected chi connectivity index (χ1v) is 11.9. The highest BCUT2D eigenvalue weighted by atomic mass is 19.3. The van der Waals surface area contributed by atoms with Crippen LogP contribution in [-0.2, 0) is 23.8 Å². The first-order chi connectivity index (χ1) is 18.1. The number of nitrogens with zero attached hydrogens (tertiary/aromatic N) is 2. The molecule has 3 N–H and O–H groups in total. The van der Waals surface area contributed by atoms with Gasteiger partial charge in [0.15, 0.2) is 6.10 Å². The van der Waals surface area contributed by atoms with E-state index in [1.165, 1.54) is 0 Å². The van der Waals surface area contributed by atoms with E-state index in [-0.39, 0.29) is 37.6 Å². The summed E-state index contributed by atoms with van der Waals surface area (Å²) in [6, 6.07) is 9.87. The number of carbonyl (C=O) groups is 3. The second kappa shape index (κ2) is 13.1. The first kappa shape index (κ1) is 28.7. The van der Waals surface area contributed by atoms with Gasteiger partial charge in [-0.2, -0.15) is 13.8 Å². The lowest BCUT2D eigenvalue weighted by Crippen LogP contribution is -2.44. The van der Waals surface area contributed by atoms with Crippen LogP contribution in [0.25, 0.3) is 0 Å². The van der Waals surface area contributed by atoms with Gasteiger partial charge in [-0.25, -0.2) is 9.59 Å². The molecule has 0 saturated carbocycles. The van der Waals surface area contributed by atoms with Crippen molar-refractivity contribution in [2.75, 3.05) is 23.8 Å². The zero-order valence-corrected chi connectivity index (χ0v) is 20.5. The minimum absolute atomic E-state index is 0.0667. The van der Waals surface area contributed by atoms with E-state index in [1.54, 1.807) is 37.3 Å². The van der Waals surface area contributed by atoms with Gasteiger partial charge in [-0.3, -0.25) is 19.5 Å². The van der Waals surface area contributed by atoms with Crippen molar-refractivity contribution in [1.29, 1.82) is 0 Å². The predicted molar refractivity (Wildman–Crippen MR) is 129 cm³/mol. The zero-order valence-electron chi connectivity index (χ0n) is 20.5. The minimum Gasteiger partial charge on any atom is -0.453 e. The van der Waals surface area contributed by atoms with Crippen molar-refractivity contribution in [1.82, 2.24) is 9.55 Å². The van der Waals surface area contributed by atoms with Crippen molar-refractivity contribution in [2.45, 2.75) is 57.0 Å². The van der Waals surface area contributed by atoms with Gasteiger partial charge in [-0.1, -0.05) is 18.2 Å². The van der Waals surface area contributed by atoms with Gasteiger partial charge in [0, 0.05) is 24.7 Å². The van der Waals surface area contributed by atoms with E-state index in [0.717, 1.165) is 12.3 Å². The molecule has 1 aromatic heterocycles. The monoisotopic (exact) mass is 538 g/mol. The van der Waals surface area contributed by atoms with Gasteiger partial charge < -0.3 is 24.6 Å². The maximum Gasteiger partial charge on any atom is 0.412 e. The lowest BCUT2D eigenvalue weighted by molar-refractivity contribution is -0.176. The van der Waals surface area contributed by atoms with Crippen LogP contribution in [0.5, 0.6) is 0 Å². The SMILES string of the molecule is CCOC(=O)Nc1ccn([C@@H]2O[C@H](CO)[C@@H](OC(=O)CCCCC(=O)Nc3ccccc3)C2(F)F)c(=O)n1. The summed E-state index contributed by atoms with van der Waals surface area (Å²) in [6.45, 7) is 0.725. The third kappa shape index (κ3) is 7.32. The molecule has 2 amide bonds. The summed E-state index contributed by atoms with van der Waals surface area (Å²) >= 11 is 0. The molecule has 206 valence electrons. The van der Waals surface area contributed by atoms with Gasteiger partial charge in [0.1, 0.15) is 11.9 Å². The van der Waals surface area contributed by atoms with Crippen LogP contribution in [0, 0.1) is 0 Å². The third-order valence-corrected chi connectivity index (χ3v) is 5.47. The molecular weight excluding hydrogens is 510 g/mol. The summed E-state index contributed by atoms with van der Waals surface area (Å²) in [5, 5.41) is 14.4. The van der Waals surface area contributed by atoms with Crippen molar-refractivity contribution in [3.63, 3.8) is 0 Å². The number of halogens is 2. The Morgan fingerprint density at radius 2 is 1.84 bits per heavy atom. The predicted octanol–water partition coefficient (Wildman–Crippen LogP) is 2.45. The van der Waals surface area contributed by atoms with E-state index in [0.29, 0.717) is 16.7 Å². The van der Waals surface area contributed by atoms with Gasteiger partial charge in [0.05, 0.1) is 13.2 Å². The number of nitrogens with one attached hydrogen (secondary N) is 2. The Labute approximate surface area is 215 Å². The number of aliphatic hydroxyl groups is 1. The van der Waals surface area contributed by atoms with E-state index in [1.807, 2.05) is 0 Å². The van der Waals surface area contributed by atoms with Crippen LogP contribution in [0.3, 0.4) is 0 Å². The molecule has 14 heteroatoms. The van der Waals surface area contributed by atoms with Gasteiger partial charge >= 0.3 is 23.7 Å². The Kier molecular flexibility index (Phi) is 9.85. The van der Waals surface area contributed by atoms with Crippen molar-refractivity contribution >= 4 is 29.5 Å². The molecule has 0 spiro atoms. The lowest BCUT2D eigenvalue weighted by atomic mass is 10.1. The Morgan fingerprint density at radius 3 is 2.50 bits per heavy atom. The molecular formula is C24H28F2N4O8. The second-order valence-corrected chi connectivity index (χ2v) is 8.26. The normalized spacial score (nSPS) is 19.9. The van der Waals surface area contributed by atoms with Crippen LogP contribution in [0.1, 0.15) is 38.8 Å². The maximum atomic E-state index is 15.2.